The molecule has 1 aliphatic carbocycles. The molecule has 1 aromatic heterocycles. The van der Waals surface area contributed by atoms with Crippen LogP contribution in [0.1, 0.15) is 38.4 Å². The first-order chi connectivity index (χ1) is 9.52. The van der Waals surface area contributed by atoms with Crippen molar-refractivity contribution >= 4 is 12.0 Å². The first kappa shape index (κ1) is 14.3. The van der Waals surface area contributed by atoms with Gasteiger partial charge in [0.2, 0.25) is 0 Å². The average Bonchev–Trinajstić information content (AvgIpc) is 2.89. The molecule has 8 heteroatoms. The highest BCUT2D eigenvalue weighted by atomic mass is 16.4. The number of nitrogens with zero attached hydrogens (tertiary/aromatic N) is 2. The van der Waals surface area contributed by atoms with Crippen molar-refractivity contribution in [2.24, 2.45) is 5.92 Å². The third-order valence-corrected chi connectivity index (χ3v) is 3.64. The van der Waals surface area contributed by atoms with Crippen molar-refractivity contribution in [1.82, 2.24) is 25.8 Å². The van der Waals surface area contributed by atoms with Gasteiger partial charge < -0.3 is 15.7 Å². The van der Waals surface area contributed by atoms with Gasteiger partial charge in [-0.3, -0.25) is 5.10 Å². The van der Waals surface area contributed by atoms with Crippen LogP contribution in [0.3, 0.4) is 0 Å². The Morgan fingerprint density at radius 3 is 3.00 bits per heavy atom. The third kappa shape index (κ3) is 3.25. The molecule has 2 unspecified atom stereocenters. The first-order valence-corrected chi connectivity index (χ1v) is 6.65. The molecule has 2 atom stereocenters. The second kappa shape index (κ2) is 5.89. The number of aromatic nitrogens is 3. The summed E-state index contributed by atoms with van der Waals surface area (Å²) >= 11 is 0. The number of aliphatic carboxylic acids is 1. The van der Waals surface area contributed by atoms with Crippen molar-refractivity contribution in [2.75, 3.05) is 0 Å². The van der Waals surface area contributed by atoms with Crippen LogP contribution in [0.4, 0.5) is 4.79 Å². The fraction of sp³-hybridized carbons (Fsp3) is 0.667. The predicted molar refractivity (Wildman–Crippen MR) is 69.8 cm³/mol. The number of carboxylic acid groups (broad SMARTS) is 1. The average molecular weight is 281 g/mol. The molecule has 0 bridgehead atoms. The normalized spacial score (nSPS) is 25.9. The Labute approximate surface area is 116 Å². The van der Waals surface area contributed by atoms with Gasteiger partial charge in [0.15, 0.2) is 0 Å². The lowest BCUT2D eigenvalue weighted by Crippen LogP contribution is -2.59. The number of carbonyl (C=O) groups is 2. The Kier molecular flexibility index (Phi) is 4.21. The number of carboxylic acids is 1. The number of aromatic amines is 1. The van der Waals surface area contributed by atoms with Crippen LogP contribution in [-0.2, 0) is 11.3 Å². The van der Waals surface area contributed by atoms with E-state index in [0.29, 0.717) is 18.7 Å². The second-order valence-electron chi connectivity index (χ2n) is 5.33. The molecule has 0 aromatic carbocycles. The lowest BCUT2D eigenvalue weighted by atomic mass is 9.76. The molecule has 0 aliphatic heterocycles. The number of H-pyrrole nitrogens is 1. The number of rotatable bonds is 4. The molecule has 20 heavy (non-hydrogen) atoms. The van der Waals surface area contributed by atoms with Gasteiger partial charge in [-0.1, -0.05) is 19.8 Å². The number of carbonyl (C=O) groups excluding carboxylic acids is 1. The van der Waals surface area contributed by atoms with Gasteiger partial charge in [-0.05, 0) is 18.8 Å². The number of hydrogen-bond acceptors (Lipinski definition) is 4. The molecule has 0 radical (unpaired) electrons. The molecule has 1 heterocycles. The maximum absolute atomic E-state index is 11.9. The van der Waals surface area contributed by atoms with Crippen molar-refractivity contribution in [1.29, 1.82) is 0 Å². The summed E-state index contributed by atoms with van der Waals surface area (Å²) in [6, 6.07) is -0.502. The van der Waals surface area contributed by atoms with E-state index in [2.05, 4.69) is 25.8 Å². The van der Waals surface area contributed by atoms with Gasteiger partial charge in [0, 0.05) is 0 Å². The minimum absolute atomic E-state index is 0.178. The van der Waals surface area contributed by atoms with E-state index in [9.17, 15) is 14.7 Å². The second-order valence-corrected chi connectivity index (χ2v) is 5.33. The Bertz CT molecular complexity index is 475. The van der Waals surface area contributed by atoms with Gasteiger partial charge in [-0.25, -0.2) is 14.6 Å². The minimum atomic E-state index is -1.16. The molecule has 110 valence electrons. The SMILES string of the molecule is CC1CCCC(NC(=O)NCc2ncn[nH]2)(C(=O)O)C1. The van der Waals surface area contributed by atoms with E-state index in [1.165, 1.54) is 6.33 Å². The number of nitrogens with one attached hydrogen (secondary N) is 3. The molecule has 1 aliphatic rings. The summed E-state index contributed by atoms with van der Waals surface area (Å²) in [5.41, 5.74) is -1.16. The number of urea groups is 1. The van der Waals surface area contributed by atoms with E-state index in [0.717, 1.165) is 12.8 Å². The van der Waals surface area contributed by atoms with Crippen molar-refractivity contribution in [3.8, 4) is 0 Å². The lowest BCUT2D eigenvalue weighted by molar-refractivity contribution is -0.146. The molecule has 4 N–H and O–H groups in total. The van der Waals surface area contributed by atoms with Crippen LogP contribution >= 0.6 is 0 Å². The molecule has 2 rings (SSSR count). The van der Waals surface area contributed by atoms with Crippen LogP contribution in [0.5, 0.6) is 0 Å². The van der Waals surface area contributed by atoms with Crippen LogP contribution in [0, 0.1) is 5.92 Å². The highest BCUT2D eigenvalue weighted by molar-refractivity contribution is 5.86. The topological polar surface area (TPSA) is 120 Å². The van der Waals surface area contributed by atoms with Crippen LogP contribution in [-0.4, -0.2) is 37.8 Å². The van der Waals surface area contributed by atoms with Crippen molar-refractivity contribution in [3.63, 3.8) is 0 Å². The first-order valence-electron chi connectivity index (χ1n) is 6.65. The molecular formula is C12H19N5O3. The molecule has 1 saturated carbocycles. The van der Waals surface area contributed by atoms with Gasteiger partial charge in [-0.15, -0.1) is 0 Å². The fourth-order valence-electron chi connectivity index (χ4n) is 2.65. The predicted octanol–water partition coefficient (Wildman–Crippen LogP) is 0.637. The largest absolute Gasteiger partial charge is 0.480 e. The van der Waals surface area contributed by atoms with Gasteiger partial charge in [-0.2, -0.15) is 5.10 Å². The summed E-state index contributed by atoms with van der Waals surface area (Å²) in [6.07, 6.45) is 4.06. The minimum Gasteiger partial charge on any atom is -0.480 e. The fourth-order valence-corrected chi connectivity index (χ4v) is 2.65. The van der Waals surface area contributed by atoms with Crippen LogP contribution < -0.4 is 10.6 Å². The Balaban J connectivity index is 1.94. The quantitative estimate of drug-likeness (QED) is 0.645. The summed E-state index contributed by atoms with van der Waals surface area (Å²) in [6.45, 7) is 2.18. The highest BCUT2D eigenvalue weighted by Crippen LogP contribution is 2.32. The van der Waals surface area contributed by atoms with E-state index < -0.39 is 17.5 Å². The summed E-state index contributed by atoms with van der Waals surface area (Å²) in [7, 11) is 0. The Morgan fingerprint density at radius 1 is 1.60 bits per heavy atom. The lowest BCUT2D eigenvalue weighted by Gasteiger charge is -2.36. The molecule has 2 amide bonds. The Hall–Kier alpha value is -2.12. The zero-order valence-corrected chi connectivity index (χ0v) is 11.3. The molecule has 0 spiro atoms. The zero-order chi connectivity index (χ0) is 14.6. The van der Waals surface area contributed by atoms with E-state index in [4.69, 9.17) is 0 Å². The molecular weight excluding hydrogens is 262 g/mol. The molecule has 1 aromatic rings. The van der Waals surface area contributed by atoms with Crippen molar-refractivity contribution in [2.45, 2.75) is 44.7 Å². The van der Waals surface area contributed by atoms with Crippen LogP contribution in [0.2, 0.25) is 0 Å². The third-order valence-electron chi connectivity index (χ3n) is 3.64. The standard InChI is InChI=1S/C12H19N5O3/c1-8-3-2-4-12(5-8,10(18)19)16-11(20)13-6-9-14-7-15-17-9/h7-8H,2-6H2,1H3,(H,18,19)(H2,13,16,20)(H,14,15,17). The van der Waals surface area contributed by atoms with Crippen molar-refractivity contribution in [3.05, 3.63) is 12.2 Å². The van der Waals surface area contributed by atoms with Gasteiger partial charge >= 0.3 is 12.0 Å². The zero-order valence-electron chi connectivity index (χ0n) is 11.3. The van der Waals surface area contributed by atoms with E-state index in [1.807, 2.05) is 6.92 Å². The van der Waals surface area contributed by atoms with E-state index in [1.54, 1.807) is 0 Å². The summed E-state index contributed by atoms with van der Waals surface area (Å²) < 4.78 is 0. The summed E-state index contributed by atoms with van der Waals surface area (Å²) in [5, 5.41) is 20.9. The molecule has 8 nitrogen and oxygen atoms in total. The van der Waals surface area contributed by atoms with Gasteiger partial charge in [0.05, 0.1) is 6.54 Å². The monoisotopic (exact) mass is 281 g/mol. The van der Waals surface area contributed by atoms with Crippen LogP contribution in [0.25, 0.3) is 0 Å². The maximum atomic E-state index is 11.9. The van der Waals surface area contributed by atoms with E-state index >= 15 is 0 Å². The Morgan fingerprint density at radius 2 is 2.40 bits per heavy atom. The molecule has 1 fully saturated rings. The van der Waals surface area contributed by atoms with Gasteiger partial charge in [0.25, 0.3) is 0 Å². The van der Waals surface area contributed by atoms with E-state index in [-0.39, 0.29) is 12.5 Å². The maximum Gasteiger partial charge on any atom is 0.329 e. The van der Waals surface area contributed by atoms with Crippen LogP contribution in [0.15, 0.2) is 6.33 Å². The number of hydrogen-bond donors (Lipinski definition) is 4. The smallest absolute Gasteiger partial charge is 0.329 e. The van der Waals surface area contributed by atoms with Crippen molar-refractivity contribution < 1.29 is 14.7 Å². The summed E-state index contributed by atoms with van der Waals surface area (Å²) in [5.74, 6) is -0.171. The summed E-state index contributed by atoms with van der Waals surface area (Å²) in [4.78, 5) is 27.3. The number of amides is 2. The highest BCUT2D eigenvalue weighted by Gasteiger charge is 2.43. The van der Waals surface area contributed by atoms with Gasteiger partial charge in [0.1, 0.15) is 17.7 Å². The molecule has 0 saturated heterocycles.